The van der Waals surface area contributed by atoms with E-state index in [0.717, 1.165) is 34.1 Å². The normalized spacial score (nSPS) is 16.2. The zero-order valence-electron chi connectivity index (χ0n) is 33.8. The van der Waals surface area contributed by atoms with Crippen LogP contribution in [0.25, 0.3) is 22.0 Å². The lowest BCUT2D eigenvalue weighted by Gasteiger charge is -2.34. The number of halogens is 2. The number of aromatic nitrogens is 2. The second kappa shape index (κ2) is 16.2. The number of nitrogens with one attached hydrogen (secondary N) is 2. The van der Waals surface area contributed by atoms with Gasteiger partial charge in [0.15, 0.2) is 0 Å². The van der Waals surface area contributed by atoms with E-state index in [1.807, 2.05) is 18.2 Å². The van der Waals surface area contributed by atoms with E-state index in [4.69, 9.17) is 0 Å². The third-order valence-corrected chi connectivity index (χ3v) is 11.7. The number of hydrogen-bond donors (Lipinski definition) is 2. The first-order valence-electron chi connectivity index (χ1n) is 20.2. The molecule has 2 N–H and O–H groups in total. The van der Waals surface area contributed by atoms with E-state index in [2.05, 4.69) is 52.3 Å². The summed E-state index contributed by atoms with van der Waals surface area (Å²) < 4.78 is 31.5. The summed E-state index contributed by atoms with van der Waals surface area (Å²) in [4.78, 5) is 71.1. The molecular weight excluding hydrogens is 767 g/mol. The zero-order chi connectivity index (χ0) is 42.4. The van der Waals surface area contributed by atoms with Crippen molar-refractivity contribution in [3.05, 3.63) is 122 Å². The van der Waals surface area contributed by atoms with Crippen molar-refractivity contribution >= 4 is 45.9 Å². The average molecular weight is 811 g/mol. The minimum absolute atomic E-state index is 0.0738. The zero-order valence-corrected chi connectivity index (χ0v) is 33.8. The number of alkyl halides is 2. The quantitative estimate of drug-likeness (QED) is 0.0982. The molecule has 3 aliphatic heterocycles. The summed E-state index contributed by atoms with van der Waals surface area (Å²) in [6, 6.07) is 17.1. The predicted molar refractivity (Wildman–Crippen MR) is 224 cm³/mol. The number of fused-ring (bicyclic) bond motifs is 3. The summed E-state index contributed by atoms with van der Waals surface area (Å²) in [5.41, 5.74) is 7.54. The van der Waals surface area contributed by atoms with E-state index in [-0.39, 0.29) is 60.5 Å². The van der Waals surface area contributed by atoms with E-state index in [1.165, 1.54) is 17.2 Å². The van der Waals surface area contributed by atoms with Crippen molar-refractivity contribution in [3.8, 4) is 23.0 Å². The van der Waals surface area contributed by atoms with E-state index in [9.17, 15) is 32.8 Å². The van der Waals surface area contributed by atoms with Crippen LogP contribution < -0.4 is 21.1 Å². The van der Waals surface area contributed by atoms with Gasteiger partial charge in [0.2, 0.25) is 11.8 Å². The Morgan fingerprint density at radius 3 is 2.55 bits per heavy atom. The Kier molecular flexibility index (Phi) is 10.8. The number of carbonyl (C=O) groups excluding carboxylic acids is 4. The van der Waals surface area contributed by atoms with Crippen LogP contribution in [-0.4, -0.2) is 57.2 Å². The second-order valence-electron chi connectivity index (χ2n) is 15.9. The van der Waals surface area contributed by atoms with E-state index >= 15 is 0 Å². The average Bonchev–Trinajstić information content (AvgIpc) is 3.57. The monoisotopic (exact) mass is 810 g/mol. The molecular formula is C47H44F2N6O5. The van der Waals surface area contributed by atoms with Gasteiger partial charge in [-0.25, -0.2) is 8.78 Å². The van der Waals surface area contributed by atoms with Gasteiger partial charge in [-0.3, -0.25) is 34.3 Å². The van der Waals surface area contributed by atoms with Gasteiger partial charge >= 0.3 is 0 Å². The van der Waals surface area contributed by atoms with E-state index in [0.29, 0.717) is 58.5 Å². The highest BCUT2D eigenvalue weighted by Gasteiger charge is 2.39. The number of piperidine rings is 1. The molecule has 1 atom stereocenters. The van der Waals surface area contributed by atoms with Crippen LogP contribution >= 0.6 is 0 Å². The van der Waals surface area contributed by atoms with Crippen LogP contribution in [0.2, 0.25) is 0 Å². The number of hydrogen-bond acceptors (Lipinski definition) is 7. The molecule has 60 heavy (non-hydrogen) atoms. The van der Waals surface area contributed by atoms with Crippen LogP contribution in [0, 0.1) is 18.8 Å². The summed E-state index contributed by atoms with van der Waals surface area (Å²) in [5, 5.41) is 6.00. The first kappa shape index (κ1) is 40.1. The lowest BCUT2D eigenvalue weighted by atomic mass is 9.91. The van der Waals surface area contributed by atoms with Gasteiger partial charge in [0.25, 0.3) is 23.8 Å². The minimum atomic E-state index is -2.78. The summed E-state index contributed by atoms with van der Waals surface area (Å²) in [7, 11) is 1.76. The molecule has 0 saturated carbocycles. The van der Waals surface area contributed by atoms with Crippen LogP contribution in [-0.2, 0) is 29.6 Å². The maximum absolute atomic E-state index is 14.9. The van der Waals surface area contributed by atoms with Crippen molar-refractivity contribution in [3.63, 3.8) is 0 Å². The topological polar surface area (TPSA) is 134 Å². The van der Waals surface area contributed by atoms with Crippen LogP contribution in [0.5, 0.6) is 0 Å². The number of benzene rings is 3. The van der Waals surface area contributed by atoms with Crippen molar-refractivity contribution in [2.24, 2.45) is 7.05 Å². The van der Waals surface area contributed by atoms with Gasteiger partial charge in [-0.1, -0.05) is 37.8 Å². The van der Waals surface area contributed by atoms with Crippen molar-refractivity contribution in [2.75, 3.05) is 18.0 Å². The first-order valence-corrected chi connectivity index (χ1v) is 20.2. The smallest absolute Gasteiger partial charge is 0.269 e. The Labute approximate surface area is 345 Å². The second-order valence-corrected chi connectivity index (χ2v) is 15.9. The van der Waals surface area contributed by atoms with Gasteiger partial charge in [-0.05, 0) is 103 Å². The van der Waals surface area contributed by atoms with E-state index < -0.39 is 24.3 Å². The molecule has 306 valence electrons. The van der Waals surface area contributed by atoms with Crippen LogP contribution in [0.1, 0.15) is 106 Å². The molecule has 8 rings (SSSR count). The summed E-state index contributed by atoms with van der Waals surface area (Å²) in [5.74, 6) is 4.77. The minimum Gasteiger partial charge on any atom is -0.350 e. The lowest BCUT2D eigenvalue weighted by molar-refractivity contribution is -0.136. The number of pyridine rings is 2. The Balaban J connectivity index is 0.970. The van der Waals surface area contributed by atoms with Gasteiger partial charge in [-0.2, -0.15) is 0 Å². The van der Waals surface area contributed by atoms with E-state index in [1.54, 1.807) is 48.9 Å². The number of rotatable bonds is 8. The van der Waals surface area contributed by atoms with Crippen LogP contribution in [0.3, 0.4) is 0 Å². The highest BCUT2D eigenvalue weighted by atomic mass is 19.3. The molecule has 11 nitrogen and oxygen atoms in total. The van der Waals surface area contributed by atoms with Crippen LogP contribution in [0.15, 0.2) is 71.7 Å². The highest BCUT2D eigenvalue weighted by Crippen LogP contribution is 2.44. The Morgan fingerprint density at radius 1 is 1.00 bits per heavy atom. The van der Waals surface area contributed by atoms with Crippen molar-refractivity contribution in [1.82, 2.24) is 25.1 Å². The number of anilines is 2. The third-order valence-electron chi connectivity index (χ3n) is 11.7. The fourth-order valence-corrected chi connectivity index (χ4v) is 8.48. The molecule has 3 aromatic carbocycles. The van der Waals surface area contributed by atoms with Crippen molar-refractivity contribution in [2.45, 2.75) is 77.8 Å². The largest absolute Gasteiger partial charge is 0.350 e. The Morgan fingerprint density at radius 2 is 1.82 bits per heavy atom. The summed E-state index contributed by atoms with van der Waals surface area (Å²) in [6.45, 7) is 7.02. The molecule has 1 unspecified atom stereocenters. The number of amides is 4. The number of nitrogens with zero attached hydrogens (tertiary/aromatic N) is 4. The summed E-state index contributed by atoms with van der Waals surface area (Å²) >= 11 is 0. The molecule has 5 aromatic rings. The fraction of sp³-hybridized carbons (Fsp3) is 0.319. The van der Waals surface area contributed by atoms with Gasteiger partial charge in [0.05, 0.1) is 11.2 Å². The van der Waals surface area contributed by atoms with Gasteiger partial charge in [0, 0.05) is 84.6 Å². The standard InChI is InChI=1S/C47H44F2N6O5/c1-26(2)31-21-40-35(19-27(3)46(59)53(40)4)41(22-31)54-18-8-11-29-20-33(34(43(48)49)23-39(29)54)30-13-14-37(51-24-30)44(57)50-17-6-5-9-28-10-7-12-32-36(28)25-55(47(32)60)38-15-16-42(56)52-45(38)58/h7,10,12-14,19-24,26,38,43H,6,8,11,15-18,25H2,1-4H3,(H,50,57)(H,52,56,58). The maximum atomic E-state index is 14.9. The number of aryl methyl sites for hydroxylation is 3. The summed E-state index contributed by atoms with van der Waals surface area (Å²) in [6.07, 6.45) is 0.910. The number of carbonyl (C=O) groups is 4. The molecule has 5 heterocycles. The fourth-order valence-electron chi connectivity index (χ4n) is 8.48. The molecule has 0 spiro atoms. The predicted octanol–water partition coefficient (Wildman–Crippen LogP) is 6.99. The number of imide groups is 1. The molecule has 1 saturated heterocycles. The molecule has 3 aliphatic rings. The highest BCUT2D eigenvalue weighted by molar-refractivity contribution is 6.05. The third kappa shape index (κ3) is 7.42. The molecule has 1 fully saturated rings. The molecule has 13 heteroatoms. The maximum Gasteiger partial charge on any atom is 0.269 e. The van der Waals surface area contributed by atoms with Gasteiger partial charge < -0.3 is 19.7 Å². The Bertz CT molecular complexity index is 2730. The first-order chi connectivity index (χ1) is 28.8. The lowest BCUT2D eigenvalue weighted by Crippen LogP contribution is -2.52. The van der Waals surface area contributed by atoms with Crippen molar-refractivity contribution < 1.29 is 28.0 Å². The van der Waals surface area contributed by atoms with Gasteiger partial charge in [-0.15, -0.1) is 0 Å². The molecule has 4 amide bonds. The molecule has 0 bridgehead atoms. The Hall–Kier alpha value is -6.68. The van der Waals surface area contributed by atoms with Gasteiger partial charge in [0.1, 0.15) is 11.7 Å². The van der Waals surface area contributed by atoms with Crippen LogP contribution in [0.4, 0.5) is 20.2 Å². The SMILES string of the molecule is Cc1cc2c(N3CCCc4cc(-c5ccc(C(=O)NCCC#Cc6cccc7c6CN(C6CCC(=O)NC6=O)C7=O)nc5)c(C(F)F)cc43)cc(C(C)C)cc2n(C)c1=O. The molecule has 0 radical (unpaired) electrons. The molecule has 2 aromatic heterocycles. The molecule has 0 aliphatic carbocycles. The van der Waals surface area contributed by atoms with Crippen molar-refractivity contribution in [1.29, 1.82) is 0 Å².